The molecule has 0 bridgehead atoms. The Morgan fingerprint density at radius 1 is 1.64 bits per heavy atom. The van der Waals surface area contributed by atoms with E-state index >= 15 is 0 Å². The number of aromatic nitrogens is 1. The van der Waals surface area contributed by atoms with E-state index in [0.717, 1.165) is 23.1 Å². The van der Waals surface area contributed by atoms with Crippen LogP contribution in [0.25, 0.3) is 0 Å². The summed E-state index contributed by atoms with van der Waals surface area (Å²) in [5.74, 6) is 0. The van der Waals surface area contributed by atoms with Crippen molar-refractivity contribution in [1.82, 2.24) is 10.3 Å². The molecule has 4 heteroatoms. The molecule has 0 aliphatic rings. The van der Waals surface area contributed by atoms with Crippen molar-refractivity contribution in [1.29, 1.82) is 5.26 Å². The summed E-state index contributed by atoms with van der Waals surface area (Å²) in [7, 11) is 0. The Kier molecular flexibility index (Phi) is 4.57. The third-order valence-electron chi connectivity index (χ3n) is 1.77. The third kappa shape index (κ3) is 3.09. The van der Waals surface area contributed by atoms with E-state index in [1.165, 1.54) is 0 Å². The molecule has 0 aromatic carbocycles. The van der Waals surface area contributed by atoms with Crippen molar-refractivity contribution in [2.24, 2.45) is 0 Å². The molecule has 0 aliphatic carbocycles. The summed E-state index contributed by atoms with van der Waals surface area (Å²) in [5.41, 5.74) is 0.768. The summed E-state index contributed by atoms with van der Waals surface area (Å²) in [5, 5.41) is 12.0. The van der Waals surface area contributed by atoms with Gasteiger partial charge in [0.2, 0.25) is 0 Å². The van der Waals surface area contributed by atoms with Gasteiger partial charge in [-0.2, -0.15) is 5.26 Å². The molecule has 0 saturated carbocycles. The molecular formula is C10H12BrN3. The van der Waals surface area contributed by atoms with Crippen LogP contribution >= 0.6 is 15.9 Å². The van der Waals surface area contributed by atoms with Crippen LogP contribution in [0.3, 0.4) is 0 Å². The zero-order chi connectivity index (χ0) is 10.4. The highest BCUT2D eigenvalue weighted by molar-refractivity contribution is 9.10. The molecule has 1 atom stereocenters. The quantitative estimate of drug-likeness (QED) is 0.897. The molecule has 0 amide bonds. The van der Waals surface area contributed by atoms with E-state index in [1.807, 2.05) is 12.1 Å². The van der Waals surface area contributed by atoms with E-state index in [2.05, 4.69) is 39.2 Å². The molecule has 1 rings (SSSR count). The number of rotatable bonds is 4. The standard InChI is InChI=1S/C10H12BrN3/c1-2-5-13-10(6-12)9-4-3-8(11)7-14-9/h3-4,7,10,13H,2,5H2,1H3. The van der Waals surface area contributed by atoms with E-state index in [0.29, 0.717) is 0 Å². The van der Waals surface area contributed by atoms with E-state index in [1.54, 1.807) is 6.20 Å². The summed E-state index contributed by atoms with van der Waals surface area (Å²) in [4.78, 5) is 4.17. The van der Waals surface area contributed by atoms with Gasteiger partial charge in [0.15, 0.2) is 0 Å². The summed E-state index contributed by atoms with van der Waals surface area (Å²) in [6, 6.07) is 5.62. The molecule has 0 spiro atoms. The molecule has 1 heterocycles. The molecule has 0 fully saturated rings. The fourth-order valence-corrected chi connectivity index (χ4v) is 1.30. The normalized spacial score (nSPS) is 12.1. The van der Waals surface area contributed by atoms with Crippen molar-refractivity contribution in [2.45, 2.75) is 19.4 Å². The lowest BCUT2D eigenvalue weighted by Gasteiger charge is -2.09. The van der Waals surface area contributed by atoms with Crippen molar-refractivity contribution < 1.29 is 0 Å². The van der Waals surface area contributed by atoms with Crippen molar-refractivity contribution in [3.63, 3.8) is 0 Å². The highest BCUT2D eigenvalue weighted by atomic mass is 79.9. The Labute approximate surface area is 92.3 Å². The first-order valence-electron chi connectivity index (χ1n) is 4.52. The Balaban J connectivity index is 2.70. The fourth-order valence-electron chi connectivity index (χ4n) is 1.06. The maximum absolute atomic E-state index is 8.91. The topological polar surface area (TPSA) is 48.7 Å². The minimum Gasteiger partial charge on any atom is -0.297 e. The van der Waals surface area contributed by atoms with Gasteiger partial charge in [-0.15, -0.1) is 0 Å². The van der Waals surface area contributed by atoms with Gasteiger partial charge in [-0.3, -0.25) is 10.3 Å². The maximum atomic E-state index is 8.91. The number of nitrogens with one attached hydrogen (secondary N) is 1. The number of hydrogen-bond donors (Lipinski definition) is 1. The minimum atomic E-state index is -0.303. The van der Waals surface area contributed by atoms with Gasteiger partial charge in [0, 0.05) is 10.7 Å². The van der Waals surface area contributed by atoms with Crippen LogP contribution < -0.4 is 5.32 Å². The fraction of sp³-hybridized carbons (Fsp3) is 0.400. The first-order chi connectivity index (χ1) is 6.77. The molecule has 1 aromatic heterocycles. The molecule has 0 radical (unpaired) electrons. The highest BCUT2D eigenvalue weighted by Crippen LogP contribution is 2.12. The number of hydrogen-bond acceptors (Lipinski definition) is 3. The maximum Gasteiger partial charge on any atom is 0.138 e. The van der Waals surface area contributed by atoms with Gasteiger partial charge >= 0.3 is 0 Å². The number of nitrogens with zero attached hydrogens (tertiary/aromatic N) is 2. The number of halogens is 1. The van der Waals surface area contributed by atoms with Crippen LogP contribution in [-0.2, 0) is 0 Å². The predicted molar refractivity (Wildman–Crippen MR) is 58.6 cm³/mol. The zero-order valence-corrected chi connectivity index (χ0v) is 9.58. The van der Waals surface area contributed by atoms with Crippen LogP contribution in [0.15, 0.2) is 22.8 Å². The summed E-state index contributed by atoms with van der Waals surface area (Å²) in [6.07, 6.45) is 2.71. The molecule has 74 valence electrons. The van der Waals surface area contributed by atoms with Crippen molar-refractivity contribution >= 4 is 15.9 Å². The monoisotopic (exact) mass is 253 g/mol. The van der Waals surface area contributed by atoms with Crippen molar-refractivity contribution in [3.8, 4) is 6.07 Å². The van der Waals surface area contributed by atoms with Crippen LogP contribution in [0.1, 0.15) is 25.1 Å². The molecule has 14 heavy (non-hydrogen) atoms. The lowest BCUT2D eigenvalue weighted by molar-refractivity contribution is 0.609. The Hall–Kier alpha value is -0.920. The Bertz CT molecular complexity index is 315. The van der Waals surface area contributed by atoms with Gasteiger partial charge in [-0.05, 0) is 41.0 Å². The van der Waals surface area contributed by atoms with Gasteiger partial charge in [0.1, 0.15) is 6.04 Å². The van der Waals surface area contributed by atoms with E-state index in [-0.39, 0.29) is 6.04 Å². The minimum absolute atomic E-state index is 0.303. The van der Waals surface area contributed by atoms with Crippen LogP contribution in [0.5, 0.6) is 0 Å². The summed E-state index contributed by atoms with van der Waals surface area (Å²) < 4.78 is 0.924. The average Bonchev–Trinajstić information content (AvgIpc) is 2.21. The van der Waals surface area contributed by atoms with Gasteiger partial charge in [-0.25, -0.2) is 0 Å². The van der Waals surface area contributed by atoms with Crippen molar-refractivity contribution in [3.05, 3.63) is 28.5 Å². The largest absolute Gasteiger partial charge is 0.297 e. The molecule has 1 unspecified atom stereocenters. The van der Waals surface area contributed by atoms with Gasteiger partial charge in [0.05, 0.1) is 11.8 Å². The van der Waals surface area contributed by atoms with Crippen LogP contribution in [0.2, 0.25) is 0 Å². The lowest BCUT2D eigenvalue weighted by Crippen LogP contribution is -2.21. The average molecular weight is 254 g/mol. The molecule has 1 N–H and O–H groups in total. The van der Waals surface area contributed by atoms with E-state index in [4.69, 9.17) is 5.26 Å². The van der Waals surface area contributed by atoms with Crippen molar-refractivity contribution in [2.75, 3.05) is 6.54 Å². The van der Waals surface area contributed by atoms with E-state index in [9.17, 15) is 0 Å². The van der Waals surface area contributed by atoms with E-state index < -0.39 is 0 Å². The second-order valence-corrected chi connectivity index (χ2v) is 3.83. The first kappa shape index (κ1) is 11.2. The summed E-state index contributed by atoms with van der Waals surface area (Å²) in [6.45, 7) is 2.90. The van der Waals surface area contributed by atoms with Crippen LogP contribution in [-0.4, -0.2) is 11.5 Å². The van der Waals surface area contributed by atoms with Gasteiger partial charge in [0.25, 0.3) is 0 Å². The number of nitriles is 1. The predicted octanol–water partition coefficient (Wildman–Crippen LogP) is 2.41. The Morgan fingerprint density at radius 2 is 2.43 bits per heavy atom. The second-order valence-electron chi connectivity index (χ2n) is 2.92. The molecule has 1 aromatic rings. The Morgan fingerprint density at radius 3 is 2.93 bits per heavy atom. The summed E-state index contributed by atoms with van der Waals surface area (Å²) >= 11 is 3.30. The molecule has 3 nitrogen and oxygen atoms in total. The van der Waals surface area contributed by atoms with Gasteiger partial charge in [-0.1, -0.05) is 6.92 Å². The smallest absolute Gasteiger partial charge is 0.138 e. The molecule has 0 aliphatic heterocycles. The van der Waals surface area contributed by atoms with Gasteiger partial charge < -0.3 is 0 Å². The first-order valence-corrected chi connectivity index (χ1v) is 5.31. The zero-order valence-electron chi connectivity index (χ0n) is 8.00. The SMILES string of the molecule is CCCNC(C#N)c1ccc(Br)cn1. The van der Waals surface area contributed by atoms with Crippen LogP contribution in [0, 0.1) is 11.3 Å². The molecule has 0 saturated heterocycles. The third-order valence-corrected chi connectivity index (χ3v) is 2.24. The lowest BCUT2D eigenvalue weighted by atomic mass is 10.2. The van der Waals surface area contributed by atoms with Crippen LogP contribution in [0.4, 0.5) is 0 Å². The highest BCUT2D eigenvalue weighted by Gasteiger charge is 2.09. The second kappa shape index (κ2) is 5.74. The number of pyridine rings is 1. The molecular weight excluding hydrogens is 242 g/mol.